The van der Waals surface area contributed by atoms with Gasteiger partial charge in [-0.05, 0) is 38.1 Å². The molecule has 1 aromatic rings. The van der Waals surface area contributed by atoms with E-state index in [2.05, 4.69) is 21.0 Å². The third-order valence-electron chi connectivity index (χ3n) is 3.69. The molecule has 0 radical (unpaired) electrons. The highest BCUT2D eigenvalue weighted by Gasteiger charge is 2.49. The van der Waals surface area contributed by atoms with Crippen molar-refractivity contribution in [3.8, 4) is 0 Å². The van der Waals surface area contributed by atoms with E-state index in [-0.39, 0.29) is 18.7 Å². The Morgan fingerprint density at radius 2 is 2.04 bits per heavy atom. The summed E-state index contributed by atoms with van der Waals surface area (Å²) < 4.78 is 30.6. The van der Waals surface area contributed by atoms with Gasteiger partial charge in [-0.3, -0.25) is 4.57 Å². The second kappa shape index (κ2) is 7.32. The van der Waals surface area contributed by atoms with Crippen molar-refractivity contribution in [1.82, 2.24) is 0 Å². The van der Waals surface area contributed by atoms with Gasteiger partial charge >= 0.3 is 5.97 Å². The summed E-state index contributed by atoms with van der Waals surface area (Å²) in [6.45, 7) is 4.11. The predicted octanol–water partition coefficient (Wildman–Crippen LogP) is 4.05. The molecule has 2 heterocycles. The van der Waals surface area contributed by atoms with E-state index in [0.29, 0.717) is 29.9 Å². The molecule has 0 N–H and O–H groups in total. The van der Waals surface area contributed by atoms with Crippen molar-refractivity contribution in [2.75, 3.05) is 24.8 Å². The van der Waals surface area contributed by atoms with E-state index in [9.17, 15) is 9.36 Å². The molecule has 0 fully saturated rings. The summed E-state index contributed by atoms with van der Waals surface area (Å²) in [5.41, 5.74) is 0.477. The van der Waals surface area contributed by atoms with Gasteiger partial charge in [-0.25, -0.2) is 4.79 Å². The summed E-state index contributed by atoms with van der Waals surface area (Å²) in [6.07, 6.45) is 0.415. The second-order valence-corrected chi connectivity index (χ2v) is 8.49. The lowest BCUT2D eigenvalue weighted by Crippen LogP contribution is -2.30. The molecule has 0 aliphatic carbocycles. The van der Waals surface area contributed by atoms with Gasteiger partial charge in [-0.15, -0.1) is 0 Å². The highest BCUT2D eigenvalue weighted by Crippen LogP contribution is 2.63. The lowest BCUT2D eigenvalue weighted by Gasteiger charge is -2.29. The number of carbonyl (C=O) groups excluding carboxylic acids is 1. The highest BCUT2D eigenvalue weighted by molar-refractivity contribution is 9.10. The molecule has 0 aromatic heterocycles. The summed E-state index contributed by atoms with van der Waals surface area (Å²) >= 11 is 3.38. The number of halogens is 1. The van der Waals surface area contributed by atoms with Gasteiger partial charge in [0.25, 0.3) is 7.37 Å². The zero-order chi connectivity index (χ0) is 18.0. The summed E-state index contributed by atoms with van der Waals surface area (Å²) in [5.74, 6) is -0.369. The fourth-order valence-electron chi connectivity index (χ4n) is 2.65. The number of hydrogen-bond acceptors (Lipinski definition) is 7. The minimum atomic E-state index is -3.60. The van der Waals surface area contributed by atoms with Crippen molar-refractivity contribution >= 4 is 40.4 Å². The Morgan fingerprint density at radius 3 is 2.68 bits per heavy atom. The third kappa shape index (κ3) is 3.26. The number of hydrogen-bond donors (Lipinski definition) is 0. The Morgan fingerprint density at radius 1 is 1.32 bits per heavy atom. The third-order valence-corrected chi connectivity index (χ3v) is 6.79. The van der Waals surface area contributed by atoms with Crippen molar-refractivity contribution in [2.24, 2.45) is 5.10 Å². The Kier molecular flexibility index (Phi) is 5.32. The first-order chi connectivity index (χ1) is 12.0. The van der Waals surface area contributed by atoms with Crippen LogP contribution in [0.3, 0.4) is 0 Å². The lowest BCUT2D eigenvalue weighted by atomic mass is 10.3. The summed E-state index contributed by atoms with van der Waals surface area (Å²) in [5, 5.41) is 6.25. The quantitative estimate of drug-likeness (QED) is 0.519. The molecule has 1 aromatic carbocycles. The Labute approximate surface area is 154 Å². The monoisotopic (exact) mass is 428 g/mol. The van der Waals surface area contributed by atoms with Crippen molar-refractivity contribution in [1.29, 1.82) is 0 Å². The van der Waals surface area contributed by atoms with Crippen LogP contribution in [0.2, 0.25) is 0 Å². The molecule has 0 amide bonds. The predicted molar refractivity (Wildman–Crippen MR) is 97.5 cm³/mol. The van der Waals surface area contributed by atoms with Gasteiger partial charge < -0.3 is 14.0 Å². The first-order valence-corrected chi connectivity index (χ1v) is 10.4. The highest BCUT2D eigenvalue weighted by atomic mass is 79.9. The molecule has 0 unspecified atom stereocenters. The van der Waals surface area contributed by atoms with Crippen LogP contribution in [-0.4, -0.2) is 31.2 Å². The number of anilines is 1. The van der Waals surface area contributed by atoms with Crippen molar-refractivity contribution in [3.05, 3.63) is 39.9 Å². The van der Waals surface area contributed by atoms with E-state index in [1.165, 1.54) is 5.01 Å². The largest absolute Gasteiger partial charge is 0.477 e. The minimum absolute atomic E-state index is 0.157. The average molecular weight is 429 g/mol. The van der Waals surface area contributed by atoms with Crippen LogP contribution in [0.4, 0.5) is 5.69 Å². The molecular formula is C16H18BrN2O5P. The number of benzene rings is 1. The first-order valence-electron chi connectivity index (χ1n) is 7.94. The molecule has 3 rings (SSSR count). The van der Waals surface area contributed by atoms with E-state index < -0.39 is 13.3 Å². The van der Waals surface area contributed by atoms with Crippen LogP contribution in [0, 0.1) is 0 Å². The van der Waals surface area contributed by atoms with Crippen molar-refractivity contribution < 1.29 is 23.4 Å². The van der Waals surface area contributed by atoms with Gasteiger partial charge in [0, 0.05) is 10.9 Å². The van der Waals surface area contributed by atoms with Crippen LogP contribution in [0.1, 0.15) is 20.3 Å². The Balaban J connectivity index is 2.12. The van der Waals surface area contributed by atoms with Crippen molar-refractivity contribution in [3.63, 3.8) is 0 Å². The maximum Gasteiger partial charge on any atom is 0.365 e. The molecule has 0 spiro atoms. The Bertz CT molecular complexity index is 790. The van der Waals surface area contributed by atoms with Gasteiger partial charge in [-0.2, -0.15) is 10.1 Å². The van der Waals surface area contributed by atoms with Crippen LogP contribution >= 0.6 is 23.3 Å². The van der Waals surface area contributed by atoms with E-state index in [1.807, 2.05) is 24.3 Å². The SMILES string of the molecule is CCOC(=O)C1=NN(c2ccc(Br)cc2)C2=C(CCO2)[P@]1(=O)OCC. The van der Waals surface area contributed by atoms with Crippen LogP contribution in [0.15, 0.2) is 45.0 Å². The summed E-state index contributed by atoms with van der Waals surface area (Å²) in [7, 11) is -3.60. The van der Waals surface area contributed by atoms with E-state index in [1.54, 1.807) is 13.8 Å². The van der Waals surface area contributed by atoms with Gasteiger partial charge in [0.15, 0.2) is 0 Å². The molecule has 9 heteroatoms. The maximum absolute atomic E-state index is 13.5. The van der Waals surface area contributed by atoms with Crippen LogP contribution in [-0.2, 0) is 23.4 Å². The molecule has 0 saturated carbocycles. The van der Waals surface area contributed by atoms with Crippen LogP contribution in [0.5, 0.6) is 0 Å². The summed E-state index contributed by atoms with van der Waals surface area (Å²) in [6, 6.07) is 7.33. The second-order valence-electron chi connectivity index (χ2n) is 5.25. The summed E-state index contributed by atoms with van der Waals surface area (Å²) in [4.78, 5) is 12.4. The average Bonchev–Trinajstić information content (AvgIpc) is 3.07. The first kappa shape index (κ1) is 18.2. The van der Waals surface area contributed by atoms with Crippen LogP contribution in [0.25, 0.3) is 0 Å². The number of ether oxygens (including phenoxy) is 2. The number of nitrogens with zero attached hydrogens (tertiary/aromatic N) is 2. The fourth-order valence-corrected chi connectivity index (χ4v) is 5.12. The van der Waals surface area contributed by atoms with E-state index in [0.717, 1.165) is 4.47 Å². The Hall–Kier alpha value is -1.63. The number of hydrazone groups is 1. The lowest BCUT2D eigenvalue weighted by molar-refractivity contribution is -0.134. The number of rotatable bonds is 5. The van der Waals surface area contributed by atoms with E-state index in [4.69, 9.17) is 14.0 Å². The zero-order valence-corrected chi connectivity index (χ0v) is 16.4. The molecule has 1 atom stereocenters. The van der Waals surface area contributed by atoms with E-state index >= 15 is 0 Å². The molecule has 7 nitrogen and oxygen atoms in total. The fraction of sp³-hybridized carbons (Fsp3) is 0.375. The van der Waals surface area contributed by atoms with Crippen LogP contribution < -0.4 is 5.01 Å². The number of carbonyl (C=O) groups is 1. The molecule has 2 aliphatic rings. The normalized spacial score (nSPS) is 22.4. The maximum atomic E-state index is 13.5. The molecular weight excluding hydrogens is 411 g/mol. The van der Waals surface area contributed by atoms with Gasteiger partial charge in [0.05, 0.1) is 30.8 Å². The molecule has 2 aliphatic heterocycles. The van der Waals surface area contributed by atoms with Gasteiger partial charge in [0.1, 0.15) is 0 Å². The smallest absolute Gasteiger partial charge is 0.365 e. The topological polar surface area (TPSA) is 77.4 Å². The zero-order valence-electron chi connectivity index (χ0n) is 13.9. The van der Waals surface area contributed by atoms with Gasteiger partial charge in [0.2, 0.25) is 11.3 Å². The molecule has 0 bridgehead atoms. The van der Waals surface area contributed by atoms with Gasteiger partial charge in [-0.1, -0.05) is 15.9 Å². The number of esters is 1. The van der Waals surface area contributed by atoms with Crippen molar-refractivity contribution in [2.45, 2.75) is 20.3 Å². The molecule has 25 heavy (non-hydrogen) atoms. The molecule has 134 valence electrons. The molecule has 0 saturated heterocycles. The standard InChI is InChI=1S/C16H18BrN2O5P/c1-3-22-16(20)14-18-19(12-7-5-11(17)6-8-12)15-13(9-10-23-15)25(14,21)24-4-2/h5-8H,3-4,9-10H2,1-2H3/t25-/m0/s1. The minimum Gasteiger partial charge on any atom is -0.477 e.